The Bertz CT molecular complexity index is 1500. The van der Waals surface area contributed by atoms with E-state index in [0.29, 0.717) is 0 Å². The van der Waals surface area contributed by atoms with Crippen LogP contribution in [0, 0.1) is 6.92 Å². The second kappa shape index (κ2) is 7.21. The number of anilines is 3. The topological polar surface area (TPSA) is 20.3 Å². The lowest BCUT2D eigenvalue weighted by Crippen LogP contribution is -2.13. The fourth-order valence-corrected chi connectivity index (χ4v) is 4.83. The predicted molar refractivity (Wildman–Crippen MR) is 132 cm³/mol. The summed E-state index contributed by atoms with van der Waals surface area (Å²) in [6.07, 6.45) is 0. The van der Waals surface area contributed by atoms with Crippen LogP contribution in [-0.2, 0) is 0 Å². The van der Waals surface area contributed by atoms with Crippen molar-refractivity contribution in [2.75, 3.05) is 4.90 Å². The molecule has 32 heavy (non-hydrogen) atoms. The number of carbonyl (C=O) groups excluding carboxylic acids is 1. The molecule has 6 rings (SSSR count). The van der Waals surface area contributed by atoms with Gasteiger partial charge in [0.15, 0.2) is 5.78 Å². The lowest BCUT2D eigenvalue weighted by molar-refractivity contribution is 0.104. The zero-order chi connectivity index (χ0) is 21.7. The first-order valence-corrected chi connectivity index (χ1v) is 10.8. The van der Waals surface area contributed by atoms with Gasteiger partial charge < -0.3 is 4.90 Å². The highest BCUT2D eigenvalue weighted by molar-refractivity contribution is 6.27. The summed E-state index contributed by atoms with van der Waals surface area (Å²) in [6.45, 7) is 2.11. The normalized spacial score (nSPS) is 12.0. The van der Waals surface area contributed by atoms with Gasteiger partial charge in [-0.15, -0.1) is 0 Å². The highest BCUT2D eigenvalue weighted by atomic mass is 16.1. The molecule has 0 aromatic heterocycles. The zero-order valence-corrected chi connectivity index (χ0v) is 17.7. The second-order valence-electron chi connectivity index (χ2n) is 8.25. The van der Waals surface area contributed by atoms with Gasteiger partial charge in [0.1, 0.15) is 0 Å². The fourth-order valence-electron chi connectivity index (χ4n) is 4.83. The van der Waals surface area contributed by atoms with Crippen molar-refractivity contribution in [1.82, 2.24) is 0 Å². The summed E-state index contributed by atoms with van der Waals surface area (Å²) < 4.78 is 0. The molecule has 1 aliphatic carbocycles. The molecule has 0 atom stereocenters. The van der Waals surface area contributed by atoms with E-state index in [9.17, 15) is 4.79 Å². The Balaban J connectivity index is 1.68. The largest absolute Gasteiger partial charge is 0.310 e. The number of ketones is 1. The number of benzene rings is 5. The Labute approximate surface area is 187 Å². The van der Waals surface area contributed by atoms with E-state index in [1.54, 1.807) is 0 Å². The van der Waals surface area contributed by atoms with Crippen LogP contribution in [0.4, 0.5) is 17.1 Å². The summed E-state index contributed by atoms with van der Waals surface area (Å²) in [4.78, 5) is 15.6. The van der Waals surface area contributed by atoms with Crippen LogP contribution < -0.4 is 4.90 Å². The van der Waals surface area contributed by atoms with Crippen LogP contribution in [0.15, 0.2) is 109 Å². The van der Waals surface area contributed by atoms with Gasteiger partial charge in [-0.05, 0) is 53.9 Å². The number of carbonyl (C=O) groups is 1. The van der Waals surface area contributed by atoms with Crippen LogP contribution in [0.1, 0.15) is 21.5 Å². The van der Waals surface area contributed by atoms with Crippen molar-refractivity contribution in [2.24, 2.45) is 0 Å². The molecular weight excluding hydrogens is 390 g/mol. The Kier molecular flexibility index (Phi) is 4.19. The minimum Gasteiger partial charge on any atom is -0.310 e. The SMILES string of the molecule is Cc1cccc(N(c2ccccc2)c2ccc3c4c(cccc24)C(=O)c2ccccc2-3)c1. The summed E-state index contributed by atoms with van der Waals surface area (Å²) in [5.74, 6) is 0.0951. The Morgan fingerprint density at radius 2 is 1.25 bits per heavy atom. The number of fused-ring (bicyclic) bond motifs is 2. The quantitative estimate of drug-likeness (QED) is 0.296. The number of hydrogen-bond acceptors (Lipinski definition) is 2. The molecular formula is C30H21NO. The number of nitrogens with zero attached hydrogens (tertiary/aromatic N) is 1. The molecule has 0 heterocycles. The standard InChI is InChI=1S/C30H21NO/c1-20-9-7-12-22(19-20)31(21-10-3-2-4-11-21)28-18-17-24-23-13-5-6-14-25(23)30(32)27-16-8-15-26(28)29(24)27/h2-19H,1H3. The van der Waals surface area contributed by atoms with Crippen molar-refractivity contribution < 1.29 is 4.79 Å². The molecule has 0 unspecified atom stereocenters. The van der Waals surface area contributed by atoms with Crippen LogP contribution in [0.2, 0.25) is 0 Å². The summed E-state index contributed by atoms with van der Waals surface area (Å²) >= 11 is 0. The summed E-state index contributed by atoms with van der Waals surface area (Å²) in [5, 5.41) is 2.11. The third-order valence-corrected chi connectivity index (χ3v) is 6.24. The van der Waals surface area contributed by atoms with Crippen LogP contribution in [0.5, 0.6) is 0 Å². The molecule has 0 bridgehead atoms. The molecule has 1 aliphatic rings. The molecule has 2 nitrogen and oxygen atoms in total. The van der Waals surface area contributed by atoms with Gasteiger partial charge in [0.2, 0.25) is 0 Å². The van der Waals surface area contributed by atoms with E-state index >= 15 is 0 Å². The molecule has 0 spiro atoms. The van der Waals surface area contributed by atoms with Gasteiger partial charge in [-0.1, -0.05) is 78.9 Å². The average Bonchev–Trinajstić information content (AvgIpc) is 2.84. The summed E-state index contributed by atoms with van der Waals surface area (Å²) in [6, 6.07) is 37.3. The second-order valence-corrected chi connectivity index (χ2v) is 8.25. The molecule has 0 saturated heterocycles. The molecule has 0 saturated carbocycles. The minimum atomic E-state index is 0.0951. The fraction of sp³-hybridized carbons (Fsp3) is 0.0333. The van der Waals surface area contributed by atoms with Gasteiger partial charge >= 0.3 is 0 Å². The molecule has 0 amide bonds. The lowest BCUT2D eigenvalue weighted by Gasteiger charge is -2.29. The van der Waals surface area contributed by atoms with Crippen LogP contribution >= 0.6 is 0 Å². The Morgan fingerprint density at radius 3 is 2.06 bits per heavy atom. The van der Waals surface area contributed by atoms with Gasteiger partial charge in [-0.2, -0.15) is 0 Å². The predicted octanol–water partition coefficient (Wildman–Crippen LogP) is 7.83. The molecule has 0 radical (unpaired) electrons. The van der Waals surface area contributed by atoms with Crippen molar-refractivity contribution in [3.8, 4) is 11.1 Å². The molecule has 2 heteroatoms. The number of para-hydroxylation sites is 1. The van der Waals surface area contributed by atoms with Crippen molar-refractivity contribution in [3.63, 3.8) is 0 Å². The van der Waals surface area contributed by atoms with Gasteiger partial charge in [-0.3, -0.25) is 4.79 Å². The summed E-state index contributed by atoms with van der Waals surface area (Å²) in [5.41, 5.74) is 8.13. The van der Waals surface area contributed by atoms with Crippen molar-refractivity contribution in [3.05, 3.63) is 126 Å². The maximum atomic E-state index is 13.3. The van der Waals surface area contributed by atoms with Crippen molar-refractivity contribution >= 4 is 33.6 Å². The van der Waals surface area contributed by atoms with Crippen LogP contribution in [0.25, 0.3) is 21.9 Å². The van der Waals surface area contributed by atoms with Crippen molar-refractivity contribution in [1.29, 1.82) is 0 Å². The molecule has 0 fully saturated rings. The van der Waals surface area contributed by atoms with E-state index in [4.69, 9.17) is 0 Å². The monoisotopic (exact) mass is 411 g/mol. The van der Waals surface area contributed by atoms with Gasteiger partial charge in [0.05, 0.1) is 5.69 Å². The molecule has 5 aromatic carbocycles. The highest BCUT2D eigenvalue weighted by Gasteiger charge is 2.27. The average molecular weight is 412 g/mol. The highest BCUT2D eigenvalue weighted by Crippen LogP contribution is 2.45. The lowest BCUT2D eigenvalue weighted by atomic mass is 9.82. The number of rotatable bonds is 3. The molecule has 152 valence electrons. The van der Waals surface area contributed by atoms with E-state index in [-0.39, 0.29) is 5.78 Å². The van der Waals surface area contributed by atoms with Gasteiger partial charge in [0, 0.05) is 33.3 Å². The smallest absolute Gasteiger partial charge is 0.194 e. The van der Waals surface area contributed by atoms with Crippen LogP contribution in [-0.4, -0.2) is 5.78 Å². The van der Waals surface area contributed by atoms with E-state index in [0.717, 1.165) is 50.1 Å². The van der Waals surface area contributed by atoms with Gasteiger partial charge in [0.25, 0.3) is 0 Å². The van der Waals surface area contributed by atoms with E-state index < -0.39 is 0 Å². The van der Waals surface area contributed by atoms with Crippen molar-refractivity contribution in [2.45, 2.75) is 6.92 Å². The Hall–Kier alpha value is -4.17. The first-order valence-electron chi connectivity index (χ1n) is 10.8. The molecule has 0 N–H and O–H groups in total. The van der Waals surface area contributed by atoms with Gasteiger partial charge in [-0.25, -0.2) is 0 Å². The molecule has 5 aromatic rings. The number of aryl methyl sites for hydroxylation is 1. The third kappa shape index (κ3) is 2.77. The van der Waals surface area contributed by atoms with E-state index in [1.807, 2.05) is 42.5 Å². The third-order valence-electron chi connectivity index (χ3n) is 6.24. The van der Waals surface area contributed by atoms with Crippen LogP contribution in [0.3, 0.4) is 0 Å². The number of hydrogen-bond donors (Lipinski definition) is 0. The van der Waals surface area contributed by atoms with E-state index in [2.05, 4.69) is 78.6 Å². The first-order chi connectivity index (χ1) is 15.7. The maximum Gasteiger partial charge on any atom is 0.194 e. The summed E-state index contributed by atoms with van der Waals surface area (Å²) in [7, 11) is 0. The zero-order valence-electron chi connectivity index (χ0n) is 17.7. The maximum absolute atomic E-state index is 13.3. The minimum absolute atomic E-state index is 0.0951. The Morgan fingerprint density at radius 1 is 0.562 bits per heavy atom. The van der Waals surface area contributed by atoms with E-state index in [1.165, 1.54) is 5.56 Å². The molecule has 0 aliphatic heterocycles. The first kappa shape index (κ1) is 18.6.